The fourth-order valence-corrected chi connectivity index (χ4v) is 3.78. The minimum atomic E-state index is -1.33. The number of hydrogen-bond acceptors (Lipinski definition) is 3. The monoisotopic (exact) mass is 470 g/mol. The second kappa shape index (κ2) is 7.25. The predicted octanol–water partition coefficient (Wildman–Crippen LogP) is 4.62. The predicted molar refractivity (Wildman–Crippen MR) is 97.2 cm³/mol. The Morgan fingerprint density at radius 1 is 1.28 bits per heavy atom. The van der Waals surface area contributed by atoms with Crippen molar-refractivity contribution in [3.63, 3.8) is 0 Å². The van der Waals surface area contributed by atoms with E-state index in [0.29, 0.717) is 22.2 Å². The number of Topliss-reactive ketones (excluding diaryl/α,β-unsaturated/α-hetero) is 1. The Labute approximate surface area is 160 Å². The van der Waals surface area contributed by atoms with Crippen LogP contribution >= 0.6 is 31.9 Å². The third kappa shape index (κ3) is 3.62. The molecule has 0 aromatic heterocycles. The van der Waals surface area contributed by atoms with E-state index < -0.39 is 23.3 Å². The number of hydrogen-bond donors (Lipinski definition) is 1. The van der Waals surface area contributed by atoms with Crippen molar-refractivity contribution < 1.29 is 23.8 Å². The summed E-state index contributed by atoms with van der Waals surface area (Å²) in [5.41, 5.74) is 1.63. The molecule has 1 aliphatic heterocycles. The maximum Gasteiger partial charge on any atom is 0.338 e. The standard InChI is InChI=1S/C18H13Br2FO4/c19-7-10-5-13-16(22)11(8-25-17(13)14(20)6-10)3-9-1-2-15(21)12(4-9)18(23)24/h1-2,4-6,11H,3,7-8H2,(H,23,24). The number of carboxylic acid groups (broad SMARTS) is 1. The maximum absolute atomic E-state index is 13.5. The van der Waals surface area contributed by atoms with Crippen LogP contribution in [-0.4, -0.2) is 23.5 Å². The summed E-state index contributed by atoms with van der Waals surface area (Å²) in [5, 5.41) is 9.63. The minimum absolute atomic E-state index is 0.0639. The summed E-state index contributed by atoms with van der Waals surface area (Å²) >= 11 is 6.79. The molecule has 130 valence electrons. The van der Waals surface area contributed by atoms with Gasteiger partial charge < -0.3 is 9.84 Å². The van der Waals surface area contributed by atoms with Crippen LogP contribution in [0.2, 0.25) is 0 Å². The van der Waals surface area contributed by atoms with Gasteiger partial charge in [0.1, 0.15) is 11.6 Å². The topological polar surface area (TPSA) is 63.6 Å². The van der Waals surface area contributed by atoms with E-state index >= 15 is 0 Å². The molecule has 0 aliphatic carbocycles. The lowest BCUT2D eigenvalue weighted by atomic mass is 9.88. The number of carbonyl (C=O) groups is 2. The molecule has 3 rings (SSSR count). The lowest BCUT2D eigenvalue weighted by Gasteiger charge is -2.25. The van der Waals surface area contributed by atoms with Crippen LogP contribution in [0.1, 0.15) is 31.8 Å². The van der Waals surface area contributed by atoms with Crippen LogP contribution in [0.4, 0.5) is 4.39 Å². The van der Waals surface area contributed by atoms with E-state index in [-0.39, 0.29) is 18.8 Å². The van der Waals surface area contributed by atoms with E-state index in [9.17, 15) is 14.0 Å². The van der Waals surface area contributed by atoms with Crippen LogP contribution in [-0.2, 0) is 11.8 Å². The summed E-state index contributed by atoms with van der Waals surface area (Å²) in [4.78, 5) is 23.9. The molecule has 1 N–H and O–H groups in total. The lowest BCUT2D eigenvalue weighted by molar-refractivity contribution is 0.0691. The molecule has 1 aliphatic rings. The Morgan fingerprint density at radius 2 is 2.04 bits per heavy atom. The molecule has 7 heteroatoms. The molecule has 2 aromatic rings. The molecule has 2 aromatic carbocycles. The van der Waals surface area contributed by atoms with Crippen LogP contribution in [0.5, 0.6) is 5.75 Å². The first kappa shape index (κ1) is 18.1. The van der Waals surface area contributed by atoms with Crippen molar-refractivity contribution >= 4 is 43.6 Å². The van der Waals surface area contributed by atoms with Gasteiger partial charge in [-0.15, -0.1) is 0 Å². The van der Waals surface area contributed by atoms with Crippen molar-refractivity contribution in [2.75, 3.05) is 6.61 Å². The molecule has 0 amide bonds. The number of fused-ring (bicyclic) bond motifs is 1. The number of carbonyl (C=O) groups excluding carboxylic acids is 1. The number of ether oxygens (including phenoxy) is 1. The van der Waals surface area contributed by atoms with Gasteiger partial charge in [-0.05, 0) is 57.7 Å². The third-order valence-electron chi connectivity index (χ3n) is 4.07. The normalized spacial score (nSPS) is 16.3. The van der Waals surface area contributed by atoms with Gasteiger partial charge in [-0.2, -0.15) is 0 Å². The lowest BCUT2D eigenvalue weighted by Crippen LogP contribution is -2.30. The molecule has 0 bridgehead atoms. The summed E-state index contributed by atoms with van der Waals surface area (Å²) in [6, 6.07) is 7.55. The first-order chi connectivity index (χ1) is 11.9. The van der Waals surface area contributed by atoms with Gasteiger partial charge >= 0.3 is 5.97 Å². The van der Waals surface area contributed by atoms with Crippen molar-refractivity contribution in [3.8, 4) is 5.75 Å². The number of ketones is 1. The van der Waals surface area contributed by atoms with Crippen molar-refractivity contribution in [3.05, 3.63) is 62.9 Å². The van der Waals surface area contributed by atoms with Gasteiger partial charge in [0.2, 0.25) is 0 Å². The largest absolute Gasteiger partial charge is 0.491 e. The second-order valence-electron chi connectivity index (χ2n) is 5.78. The average molecular weight is 472 g/mol. The smallest absolute Gasteiger partial charge is 0.338 e. The number of carboxylic acids is 1. The Bertz CT molecular complexity index is 866. The number of halogens is 3. The molecule has 0 spiro atoms. The average Bonchev–Trinajstić information content (AvgIpc) is 2.58. The highest BCUT2D eigenvalue weighted by Gasteiger charge is 2.31. The van der Waals surface area contributed by atoms with Crippen molar-refractivity contribution in [2.45, 2.75) is 11.8 Å². The molecule has 4 nitrogen and oxygen atoms in total. The van der Waals surface area contributed by atoms with Gasteiger partial charge in [0.05, 0.1) is 28.1 Å². The van der Waals surface area contributed by atoms with Crippen molar-refractivity contribution in [1.29, 1.82) is 0 Å². The van der Waals surface area contributed by atoms with Crippen LogP contribution < -0.4 is 4.74 Å². The quantitative estimate of drug-likeness (QED) is 0.661. The first-order valence-electron chi connectivity index (χ1n) is 7.47. The van der Waals surface area contributed by atoms with E-state index in [0.717, 1.165) is 16.1 Å². The van der Waals surface area contributed by atoms with Gasteiger partial charge in [0, 0.05) is 5.33 Å². The van der Waals surface area contributed by atoms with Gasteiger partial charge in [-0.3, -0.25) is 4.79 Å². The van der Waals surface area contributed by atoms with E-state index in [1.165, 1.54) is 12.1 Å². The minimum Gasteiger partial charge on any atom is -0.491 e. The highest BCUT2D eigenvalue weighted by molar-refractivity contribution is 9.10. The summed E-state index contributed by atoms with van der Waals surface area (Å²) in [6.07, 6.45) is 0.287. The van der Waals surface area contributed by atoms with Crippen molar-refractivity contribution in [1.82, 2.24) is 0 Å². The number of alkyl halides is 1. The van der Waals surface area contributed by atoms with Gasteiger partial charge in [-0.25, -0.2) is 9.18 Å². The number of aromatic carboxylic acids is 1. The van der Waals surface area contributed by atoms with Gasteiger partial charge in [0.15, 0.2) is 5.78 Å². The number of benzene rings is 2. The van der Waals surface area contributed by atoms with E-state index in [4.69, 9.17) is 9.84 Å². The molecule has 25 heavy (non-hydrogen) atoms. The van der Waals surface area contributed by atoms with Gasteiger partial charge in [0.25, 0.3) is 0 Å². The van der Waals surface area contributed by atoms with Crippen LogP contribution in [0.3, 0.4) is 0 Å². The summed E-state index contributed by atoms with van der Waals surface area (Å²) < 4.78 is 20.0. The Hall–Kier alpha value is -1.73. The summed E-state index contributed by atoms with van der Waals surface area (Å²) in [6.45, 7) is 0.192. The molecular weight excluding hydrogens is 459 g/mol. The molecule has 1 unspecified atom stereocenters. The SMILES string of the molecule is O=C(O)c1cc(CC2COc3c(Br)cc(CBr)cc3C2=O)ccc1F. The highest BCUT2D eigenvalue weighted by atomic mass is 79.9. The van der Waals surface area contributed by atoms with E-state index in [2.05, 4.69) is 31.9 Å². The molecule has 0 saturated carbocycles. The Balaban J connectivity index is 1.89. The zero-order valence-corrected chi connectivity index (χ0v) is 16.1. The molecule has 0 fully saturated rings. The first-order valence-corrected chi connectivity index (χ1v) is 9.39. The van der Waals surface area contributed by atoms with E-state index in [1.54, 1.807) is 6.07 Å². The Kier molecular flexibility index (Phi) is 5.24. The van der Waals surface area contributed by atoms with Crippen molar-refractivity contribution in [2.24, 2.45) is 5.92 Å². The number of rotatable bonds is 4. The zero-order chi connectivity index (χ0) is 18.1. The zero-order valence-electron chi connectivity index (χ0n) is 12.9. The summed E-state index contributed by atoms with van der Waals surface area (Å²) in [7, 11) is 0. The molecule has 0 saturated heterocycles. The summed E-state index contributed by atoms with van der Waals surface area (Å²) in [5.74, 6) is -2.11. The third-order valence-corrected chi connectivity index (χ3v) is 5.30. The van der Waals surface area contributed by atoms with Gasteiger partial charge in [-0.1, -0.05) is 22.0 Å². The fourth-order valence-electron chi connectivity index (χ4n) is 2.84. The molecule has 1 atom stereocenters. The Morgan fingerprint density at radius 3 is 2.72 bits per heavy atom. The molecule has 0 radical (unpaired) electrons. The highest BCUT2D eigenvalue weighted by Crippen LogP contribution is 2.37. The van der Waals surface area contributed by atoms with Crippen LogP contribution in [0.15, 0.2) is 34.8 Å². The van der Waals surface area contributed by atoms with Crippen LogP contribution in [0.25, 0.3) is 0 Å². The maximum atomic E-state index is 13.5. The van der Waals surface area contributed by atoms with Crippen LogP contribution in [0, 0.1) is 11.7 Å². The molecule has 1 heterocycles. The second-order valence-corrected chi connectivity index (χ2v) is 7.20. The van der Waals surface area contributed by atoms with E-state index in [1.807, 2.05) is 6.07 Å². The fraction of sp³-hybridized carbons (Fsp3) is 0.222. The molecular formula is C18H13Br2FO4.